The predicted molar refractivity (Wildman–Crippen MR) is 115 cm³/mol. The Bertz CT molecular complexity index is 897. The van der Waals surface area contributed by atoms with Crippen LogP contribution in [0.3, 0.4) is 0 Å². The maximum atomic E-state index is 12.7. The van der Waals surface area contributed by atoms with Gasteiger partial charge in [-0.1, -0.05) is 49.6 Å². The Morgan fingerprint density at radius 1 is 1.28 bits per heavy atom. The number of ether oxygens (including phenoxy) is 1. The van der Waals surface area contributed by atoms with Crippen molar-refractivity contribution in [3.63, 3.8) is 0 Å². The van der Waals surface area contributed by atoms with Gasteiger partial charge in [-0.15, -0.1) is 0 Å². The summed E-state index contributed by atoms with van der Waals surface area (Å²) in [5.74, 6) is 0.678. The van der Waals surface area contributed by atoms with Crippen molar-refractivity contribution in [2.45, 2.75) is 58.9 Å². The Kier molecular flexibility index (Phi) is 6.87. The number of anilines is 1. The van der Waals surface area contributed by atoms with Crippen molar-refractivity contribution in [1.82, 2.24) is 4.98 Å². The molecule has 1 aromatic carbocycles. The fourth-order valence-electron chi connectivity index (χ4n) is 4.23. The molecule has 0 spiro atoms. The van der Waals surface area contributed by atoms with Crippen LogP contribution in [0.5, 0.6) is 0 Å². The number of nitrogens with zero attached hydrogens (tertiary/aromatic N) is 2. The third-order valence-corrected chi connectivity index (χ3v) is 5.75. The number of nitrogens with one attached hydrogen (secondary N) is 1. The van der Waals surface area contributed by atoms with Gasteiger partial charge in [0.2, 0.25) is 0 Å². The number of carbonyl (C=O) groups excluding carboxylic acids is 1. The maximum Gasteiger partial charge on any atom is 0.340 e. The van der Waals surface area contributed by atoms with E-state index in [-0.39, 0.29) is 12.6 Å². The molecule has 1 saturated carbocycles. The number of pyridine rings is 1. The fourth-order valence-corrected chi connectivity index (χ4v) is 4.23. The molecule has 1 aromatic heterocycles. The van der Waals surface area contributed by atoms with Gasteiger partial charge < -0.3 is 10.1 Å². The summed E-state index contributed by atoms with van der Waals surface area (Å²) in [5.41, 5.74) is 2.74. The number of benzene rings is 1. The van der Waals surface area contributed by atoms with Gasteiger partial charge >= 0.3 is 5.97 Å². The average molecular weight is 392 g/mol. The molecule has 3 rings (SSSR count). The van der Waals surface area contributed by atoms with E-state index in [2.05, 4.69) is 23.3 Å². The first-order valence-corrected chi connectivity index (χ1v) is 10.5. The Morgan fingerprint density at radius 3 is 2.59 bits per heavy atom. The molecule has 2 aromatic rings. The largest absolute Gasteiger partial charge is 0.462 e. The minimum Gasteiger partial charge on any atom is -0.462 e. The van der Waals surface area contributed by atoms with Crippen LogP contribution in [0.1, 0.15) is 67.6 Å². The predicted octanol–water partition coefficient (Wildman–Crippen LogP) is 5.49. The van der Waals surface area contributed by atoms with Gasteiger partial charge in [-0.2, -0.15) is 5.26 Å². The fraction of sp³-hybridized carbons (Fsp3) is 0.458. The molecule has 5 heteroatoms. The molecular formula is C24H29N3O2. The van der Waals surface area contributed by atoms with Crippen LogP contribution >= 0.6 is 0 Å². The summed E-state index contributed by atoms with van der Waals surface area (Å²) in [7, 11) is 0. The number of nitriles is 1. The van der Waals surface area contributed by atoms with Crippen LogP contribution in [-0.4, -0.2) is 23.6 Å². The number of carbonyl (C=O) groups is 1. The smallest absolute Gasteiger partial charge is 0.340 e. The summed E-state index contributed by atoms with van der Waals surface area (Å²) >= 11 is 0. The van der Waals surface area contributed by atoms with Crippen molar-refractivity contribution >= 4 is 11.8 Å². The first-order chi connectivity index (χ1) is 14.1. The highest BCUT2D eigenvalue weighted by atomic mass is 16.5. The second-order valence-corrected chi connectivity index (χ2v) is 7.70. The molecule has 1 atom stereocenters. The number of rotatable bonds is 6. The van der Waals surface area contributed by atoms with Crippen molar-refractivity contribution in [3.05, 3.63) is 47.2 Å². The number of aromatic nitrogens is 1. The molecule has 5 nitrogen and oxygen atoms in total. The third kappa shape index (κ3) is 4.59. The molecule has 0 radical (unpaired) electrons. The second kappa shape index (κ2) is 9.56. The lowest BCUT2D eigenvalue weighted by Crippen LogP contribution is -2.29. The van der Waals surface area contributed by atoms with E-state index in [1.54, 1.807) is 13.8 Å². The van der Waals surface area contributed by atoms with Crippen LogP contribution < -0.4 is 5.32 Å². The van der Waals surface area contributed by atoms with E-state index in [9.17, 15) is 10.1 Å². The summed E-state index contributed by atoms with van der Waals surface area (Å²) in [6, 6.07) is 12.1. The summed E-state index contributed by atoms with van der Waals surface area (Å²) in [5, 5.41) is 13.5. The summed E-state index contributed by atoms with van der Waals surface area (Å²) < 4.78 is 5.28. The van der Waals surface area contributed by atoms with Gasteiger partial charge in [-0.25, -0.2) is 9.78 Å². The van der Waals surface area contributed by atoms with Gasteiger partial charge in [-0.05, 0) is 45.1 Å². The first-order valence-electron chi connectivity index (χ1n) is 10.5. The highest BCUT2D eigenvalue weighted by molar-refractivity contribution is 6.01. The number of esters is 1. The number of hydrogen-bond donors (Lipinski definition) is 1. The second-order valence-electron chi connectivity index (χ2n) is 7.70. The highest BCUT2D eigenvalue weighted by Crippen LogP contribution is 2.35. The Balaban J connectivity index is 2.10. The van der Waals surface area contributed by atoms with Crippen molar-refractivity contribution < 1.29 is 9.53 Å². The molecule has 29 heavy (non-hydrogen) atoms. The minimum absolute atomic E-state index is 0.214. The minimum atomic E-state index is -0.445. The van der Waals surface area contributed by atoms with Gasteiger partial charge in [0.1, 0.15) is 17.5 Å². The van der Waals surface area contributed by atoms with E-state index >= 15 is 0 Å². The Morgan fingerprint density at radius 2 is 1.97 bits per heavy atom. The van der Waals surface area contributed by atoms with Crippen molar-refractivity contribution in [2.75, 3.05) is 11.9 Å². The SMILES string of the molecule is CCOC(=O)c1c(C)nc(N[C@@H](C)C2CCCCC2)c(C#N)c1-c1ccccc1. The van der Waals surface area contributed by atoms with Gasteiger partial charge in [0, 0.05) is 11.6 Å². The number of hydrogen-bond acceptors (Lipinski definition) is 5. The van der Waals surface area contributed by atoms with Crippen molar-refractivity contribution in [1.29, 1.82) is 5.26 Å². The summed E-state index contributed by atoms with van der Waals surface area (Å²) in [6.45, 7) is 6.01. The van der Waals surface area contributed by atoms with Crippen LogP contribution in [-0.2, 0) is 4.74 Å². The molecule has 0 aliphatic heterocycles. The monoisotopic (exact) mass is 391 g/mol. The van der Waals surface area contributed by atoms with Crippen molar-refractivity contribution in [3.8, 4) is 17.2 Å². The highest BCUT2D eigenvalue weighted by Gasteiger charge is 2.27. The molecule has 152 valence electrons. The quantitative estimate of drug-likeness (QED) is 0.659. The molecule has 0 unspecified atom stereocenters. The molecule has 1 aliphatic rings. The Hall–Kier alpha value is -2.87. The first kappa shape index (κ1) is 20.9. The van der Waals surface area contributed by atoms with Gasteiger partial charge in [0.25, 0.3) is 0 Å². The van der Waals surface area contributed by atoms with Crippen LogP contribution in [0, 0.1) is 24.2 Å². The maximum absolute atomic E-state index is 12.7. The van der Waals surface area contributed by atoms with Crippen LogP contribution in [0.25, 0.3) is 11.1 Å². The lowest BCUT2D eigenvalue weighted by molar-refractivity contribution is 0.0526. The molecular weight excluding hydrogens is 362 g/mol. The van der Waals surface area contributed by atoms with E-state index in [1.807, 2.05) is 30.3 Å². The molecule has 1 heterocycles. The standard InChI is InChI=1S/C24H29N3O2/c1-4-29-24(28)21-17(3)27-23(26-16(2)18-11-7-5-8-12-18)20(15-25)22(21)19-13-9-6-10-14-19/h6,9-10,13-14,16,18H,4-5,7-8,11-12H2,1-3H3,(H,26,27)/t16-/m0/s1. The zero-order valence-corrected chi connectivity index (χ0v) is 17.5. The number of aryl methyl sites for hydroxylation is 1. The van der Waals surface area contributed by atoms with Crippen LogP contribution in [0.15, 0.2) is 30.3 Å². The van der Waals surface area contributed by atoms with Crippen molar-refractivity contribution in [2.24, 2.45) is 5.92 Å². The van der Waals surface area contributed by atoms with E-state index in [0.29, 0.717) is 34.1 Å². The molecule has 1 fully saturated rings. The zero-order chi connectivity index (χ0) is 20.8. The van der Waals surface area contributed by atoms with E-state index in [0.717, 1.165) is 5.56 Å². The average Bonchev–Trinajstić information content (AvgIpc) is 2.74. The summed E-state index contributed by atoms with van der Waals surface area (Å²) in [4.78, 5) is 17.4. The van der Waals surface area contributed by atoms with Gasteiger partial charge in [0.05, 0.1) is 17.9 Å². The van der Waals surface area contributed by atoms with Crippen LogP contribution in [0.2, 0.25) is 0 Å². The molecule has 0 bridgehead atoms. The van der Waals surface area contributed by atoms with Crippen LogP contribution in [0.4, 0.5) is 5.82 Å². The zero-order valence-electron chi connectivity index (χ0n) is 17.5. The molecule has 0 amide bonds. The molecule has 1 N–H and O–H groups in total. The Labute approximate surface area is 173 Å². The van der Waals surface area contributed by atoms with Gasteiger partial charge in [0.15, 0.2) is 0 Å². The normalized spacial score (nSPS) is 15.4. The molecule has 0 saturated heterocycles. The third-order valence-electron chi connectivity index (χ3n) is 5.75. The van der Waals surface area contributed by atoms with E-state index in [4.69, 9.17) is 4.74 Å². The lowest BCUT2D eigenvalue weighted by atomic mass is 9.84. The topological polar surface area (TPSA) is 75.0 Å². The van der Waals surface area contributed by atoms with E-state index < -0.39 is 5.97 Å². The molecule has 1 aliphatic carbocycles. The van der Waals surface area contributed by atoms with Gasteiger partial charge in [-0.3, -0.25) is 0 Å². The summed E-state index contributed by atoms with van der Waals surface area (Å²) in [6.07, 6.45) is 6.20. The van der Waals surface area contributed by atoms with E-state index in [1.165, 1.54) is 32.1 Å². The lowest BCUT2D eigenvalue weighted by Gasteiger charge is -2.29.